The Morgan fingerprint density at radius 2 is 1.89 bits per heavy atom. The van der Waals surface area contributed by atoms with Gasteiger partial charge in [0.1, 0.15) is 5.75 Å². The number of phenolic OH excluding ortho intramolecular Hbond substituents is 1. The molecule has 0 spiro atoms. The number of nitrogens with zero attached hydrogens (tertiary/aromatic N) is 1. The first-order valence-electron chi connectivity index (χ1n) is 10.6. The van der Waals surface area contributed by atoms with Gasteiger partial charge in [-0.05, 0) is 60.6 Å². The van der Waals surface area contributed by atoms with Crippen molar-refractivity contribution in [3.05, 3.63) is 39.4 Å². The zero-order chi connectivity index (χ0) is 20.6. The van der Waals surface area contributed by atoms with Crippen LogP contribution in [0.5, 0.6) is 5.75 Å². The van der Waals surface area contributed by atoms with Crippen molar-refractivity contribution in [1.82, 2.24) is 0 Å². The van der Waals surface area contributed by atoms with Crippen LogP contribution < -0.4 is 0 Å². The van der Waals surface area contributed by atoms with Crippen molar-refractivity contribution >= 4 is 0 Å². The van der Waals surface area contributed by atoms with Crippen LogP contribution in [-0.2, 0) is 10.3 Å². The summed E-state index contributed by atoms with van der Waals surface area (Å²) < 4.78 is 0. The van der Waals surface area contributed by atoms with Crippen molar-refractivity contribution in [2.45, 2.75) is 95.5 Å². The molecule has 1 saturated carbocycles. The van der Waals surface area contributed by atoms with E-state index in [1.54, 1.807) is 0 Å². The summed E-state index contributed by atoms with van der Waals surface area (Å²) in [6, 6.07) is 6.08. The molecule has 1 aromatic carbocycles. The van der Waals surface area contributed by atoms with E-state index in [1.807, 2.05) is 12.1 Å². The van der Waals surface area contributed by atoms with Crippen LogP contribution >= 0.6 is 0 Å². The lowest BCUT2D eigenvalue weighted by molar-refractivity contribution is -0.757. The molecule has 0 amide bonds. The minimum atomic E-state index is -0.736. The van der Waals surface area contributed by atoms with E-state index in [0.29, 0.717) is 5.75 Å². The number of aliphatic hydroxyl groups is 1. The highest BCUT2D eigenvalue weighted by molar-refractivity contribution is 5.41. The Morgan fingerprint density at radius 1 is 1.18 bits per heavy atom. The molecule has 0 unspecified atom stereocenters. The summed E-state index contributed by atoms with van der Waals surface area (Å²) in [4.78, 5) is 14.4. The Kier molecular flexibility index (Phi) is 8.55. The van der Waals surface area contributed by atoms with Crippen LogP contribution in [0.4, 0.5) is 0 Å². The number of aliphatic hydroxyl groups excluding tert-OH is 1. The smallest absolute Gasteiger partial charge is 0.294 e. The first-order valence-corrected chi connectivity index (χ1v) is 10.6. The highest BCUT2D eigenvalue weighted by atomic mass is 16.9. The van der Waals surface area contributed by atoms with E-state index in [4.69, 9.17) is 0 Å². The molecule has 1 aliphatic carbocycles. The fourth-order valence-electron chi connectivity index (χ4n) is 4.24. The van der Waals surface area contributed by atoms with Gasteiger partial charge in [0, 0.05) is 0 Å². The lowest BCUT2D eigenvalue weighted by Crippen LogP contribution is -2.19. The Morgan fingerprint density at radius 3 is 2.57 bits per heavy atom. The minimum Gasteiger partial charge on any atom is -0.508 e. The summed E-state index contributed by atoms with van der Waals surface area (Å²) in [5, 5.41) is 29.8. The van der Waals surface area contributed by atoms with Gasteiger partial charge in [0.25, 0.3) is 5.09 Å². The number of aromatic hydroxyl groups is 1. The highest BCUT2D eigenvalue weighted by Crippen LogP contribution is 2.40. The van der Waals surface area contributed by atoms with Crippen LogP contribution in [0.15, 0.2) is 18.2 Å². The maximum atomic E-state index is 10.6. The van der Waals surface area contributed by atoms with Gasteiger partial charge < -0.3 is 15.1 Å². The average molecular weight is 394 g/mol. The topological polar surface area (TPSA) is 92.8 Å². The van der Waals surface area contributed by atoms with E-state index >= 15 is 0 Å². The van der Waals surface area contributed by atoms with E-state index in [2.05, 4.69) is 24.8 Å². The summed E-state index contributed by atoms with van der Waals surface area (Å²) in [5.41, 5.74) is 2.09. The highest BCUT2D eigenvalue weighted by Gasteiger charge is 2.26. The monoisotopic (exact) mass is 393 g/mol. The van der Waals surface area contributed by atoms with Crippen molar-refractivity contribution < 1.29 is 20.1 Å². The van der Waals surface area contributed by atoms with Crippen LogP contribution in [0.2, 0.25) is 0 Å². The van der Waals surface area contributed by atoms with Crippen LogP contribution in [0.3, 0.4) is 0 Å². The molecule has 2 rings (SSSR count). The van der Waals surface area contributed by atoms with Gasteiger partial charge in [0.05, 0.1) is 12.7 Å². The van der Waals surface area contributed by atoms with E-state index < -0.39 is 5.09 Å². The van der Waals surface area contributed by atoms with E-state index in [-0.39, 0.29) is 24.0 Å². The lowest BCUT2D eigenvalue weighted by Gasteiger charge is -2.29. The molecule has 0 bridgehead atoms. The second-order valence-electron chi connectivity index (χ2n) is 8.75. The third-order valence-corrected chi connectivity index (χ3v) is 6.04. The van der Waals surface area contributed by atoms with Crippen molar-refractivity contribution in [3.8, 4) is 5.75 Å². The summed E-state index contributed by atoms with van der Waals surface area (Å²) >= 11 is 0. The van der Waals surface area contributed by atoms with E-state index in [0.717, 1.165) is 75.3 Å². The Hall–Kier alpha value is -1.82. The number of unbranched alkanes of at least 4 members (excludes halogenated alkanes) is 4. The summed E-state index contributed by atoms with van der Waals surface area (Å²) in [6.45, 7) is 4.59. The molecule has 6 nitrogen and oxygen atoms in total. The first-order chi connectivity index (χ1) is 13.3. The predicted molar refractivity (Wildman–Crippen MR) is 109 cm³/mol. The predicted octanol–water partition coefficient (Wildman–Crippen LogP) is 5.24. The second-order valence-corrected chi connectivity index (χ2v) is 8.75. The molecule has 0 saturated heterocycles. The molecule has 158 valence electrons. The maximum Gasteiger partial charge on any atom is 0.294 e. The summed E-state index contributed by atoms with van der Waals surface area (Å²) in [7, 11) is 0. The number of rotatable bonds is 11. The van der Waals surface area contributed by atoms with Crippen LogP contribution in [0.25, 0.3) is 0 Å². The lowest BCUT2D eigenvalue weighted by atomic mass is 9.77. The molecule has 2 atom stereocenters. The van der Waals surface area contributed by atoms with Crippen molar-refractivity contribution in [2.24, 2.45) is 0 Å². The van der Waals surface area contributed by atoms with Gasteiger partial charge in [-0.2, -0.15) is 0 Å². The van der Waals surface area contributed by atoms with Crippen LogP contribution in [0, 0.1) is 10.1 Å². The van der Waals surface area contributed by atoms with Gasteiger partial charge in [0.2, 0.25) is 0 Å². The fourth-order valence-corrected chi connectivity index (χ4v) is 4.24. The normalized spacial score (nSPS) is 20.1. The summed E-state index contributed by atoms with van der Waals surface area (Å²) in [6.07, 6.45) is 9.30. The molecular weight excluding hydrogens is 358 g/mol. The van der Waals surface area contributed by atoms with Gasteiger partial charge >= 0.3 is 0 Å². The third-order valence-electron chi connectivity index (χ3n) is 6.04. The zero-order valence-electron chi connectivity index (χ0n) is 17.2. The second kappa shape index (κ2) is 10.6. The number of hydrogen-bond donors (Lipinski definition) is 2. The van der Waals surface area contributed by atoms with Crippen LogP contribution in [-0.4, -0.2) is 28.0 Å². The molecule has 1 aliphatic rings. The molecule has 0 heterocycles. The third kappa shape index (κ3) is 6.97. The number of phenols is 1. The largest absolute Gasteiger partial charge is 0.508 e. The van der Waals surface area contributed by atoms with Crippen molar-refractivity contribution in [2.75, 3.05) is 6.61 Å². The molecule has 1 fully saturated rings. The van der Waals surface area contributed by atoms with Gasteiger partial charge in [-0.3, -0.25) is 0 Å². The van der Waals surface area contributed by atoms with Crippen molar-refractivity contribution in [3.63, 3.8) is 0 Å². The minimum absolute atomic E-state index is 0.0170. The Balaban J connectivity index is 1.79. The van der Waals surface area contributed by atoms with Crippen LogP contribution in [0.1, 0.15) is 95.1 Å². The molecular formula is C22H35NO5. The molecule has 2 N–H and O–H groups in total. The first kappa shape index (κ1) is 22.5. The Bertz CT molecular complexity index is 631. The molecule has 1 aromatic rings. The number of benzene rings is 1. The molecule has 28 heavy (non-hydrogen) atoms. The van der Waals surface area contributed by atoms with Crippen molar-refractivity contribution in [1.29, 1.82) is 0 Å². The van der Waals surface area contributed by atoms with Gasteiger partial charge in [-0.15, -0.1) is 10.1 Å². The standard InChI is InChI=1S/C22H35NO5/c1-22(2,13-6-4-3-5-7-14-28-23(26)27)18-11-12-20(21(25)16-18)17-9-8-10-19(24)15-17/h11-12,16-17,19,24-25H,3-10,13-15H2,1-2H3/t17-,19-/m0/s1. The molecule has 0 aliphatic heterocycles. The Labute approximate surface area is 168 Å². The average Bonchev–Trinajstić information content (AvgIpc) is 2.63. The summed E-state index contributed by atoms with van der Waals surface area (Å²) in [5.74, 6) is 0.607. The molecule has 6 heteroatoms. The SMILES string of the molecule is CC(C)(CCCCCCCO[N+](=O)[O-])c1ccc([C@H]2CCC[C@H](O)C2)c(O)c1. The molecule has 0 radical (unpaired) electrons. The quantitative estimate of drug-likeness (QED) is 0.305. The van der Waals surface area contributed by atoms with Gasteiger partial charge in [-0.1, -0.05) is 58.1 Å². The molecule has 0 aromatic heterocycles. The zero-order valence-corrected chi connectivity index (χ0v) is 17.2. The van der Waals surface area contributed by atoms with Gasteiger partial charge in [0.15, 0.2) is 0 Å². The maximum absolute atomic E-state index is 10.6. The van der Waals surface area contributed by atoms with E-state index in [1.165, 1.54) is 0 Å². The fraction of sp³-hybridized carbons (Fsp3) is 0.727. The van der Waals surface area contributed by atoms with E-state index in [9.17, 15) is 20.3 Å². The number of hydrogen-bond acceptors (Lipinski definition) is 5. The van der Waals surface area contributed by atoms with Gasteiger partial charge in [-0.25, -0.2) is 0 Å².